The number of thioether (sulfide) groups is 1. The molecule has 0 radical (unpaired) electrons. The lowest BCUT2D eigenvalue weighted by atomic mass is 10.1. The second kappa shape index (κ2) is 8.08. The van der Waals surface area contributed by atoms with Crippen molar-refractivity contribution in [1.29, 1.82) is 0 Å². The lowest BCUT2D eigenvalue weighted by Crippen LogP contribution is -2.30. The Labute approximate surface area is 152 Å². The molecule has 0 spiro atoms. The first kappa shape index (κ1) is 17.4. The summed E-state index contributed by atoms with van der Waals surface area (Å²) < 4.78 is 5.14. The van der Waals surface area contributed by atoms with Crippen molar-refractivity contribution < 1.29 is 9.53 Å². The third kappa shape index (κ3) is 4.54. The molecule has 3 aromatic carbocycles. The largest absolute Gasteiger partial charge is 0.497 e. The molecule has 3 rings (SSSR count). The monoisotopic (exact) mass is 351 g/mol. The number of ether oxygens (including phenoxy) is 1. The van der Waals surface area contributed by atoms with Crippen LogP contribution in [0.1, 0.15) is 12.5 Å². The van der Waals surface area contributed by atoms with E-state index in [0.29, 0.717) is 6.54 Å². The molecule has 25 heavy (non-hydrogen) atoms. The zero-order valence-electron chi connectivity index (χ0n) is 14.4. The van der Waals surface area contributed by atoms with E-state index in [4.69, 9.17) is 4.74 Å². The molecular weight excluding hydrogens is 330 g/mol. The van der Waals surface area contributed by atoms with Gasteiger partial charge in [0.15, 0.2) is 0 Å². The highest BCUT2D eigenvalue weighted by Gasteiger charge is 2.14. The fourth-order valence-corrected chi connectivity index (χ4v) is 3.51. The smallest absolute Gasteiger partial charge is 0.233 e. The quantitative estimate of drug-likeness (QED) is 0.657. The van der Waals surface area contributed by atoms with Gasteiger partial charge in [-0.2, -0.15) is 0 Å². The number of fused-ring (bicyclic) bond motifs is 1. The summed E-state index contributed by atoms with van der Waals surface area (Å²) in [7, 11) is 1.64. The number of carbonyl (C=O) groups is 1. The van der Waals surface area contributed by atoms with Crippen molar-refractivity contribution in [2.24, 2.45) is 0 Å². The van der Waals surface area contributed by atoms with E-state index in [9.17, 15) is 4.79 Å². The minimum atomic E-state index is -0.153. The van der Waals surface area contributed by atoms with Gasteiger partial charge in [-0.15, -0.1) is 11.8 Å². The fourth-order valence-electron chi connectivity index (χ4n) is 2.57. The van der Waals surface area contributed by atoms with Crippen molar-refractivity contribution in [2.75, 3.05) is 7.11 Å². The van der Waals surface area contributed by atoms with E-state index >= 15 is 0 Å². The molecule has 3 aromatic rings. The summed E-state index contributed by atoms with van der Waals surface area (Å²) >= 11 is 1.58. The van der Waals surface area contributed by atoms with E-state index in [1.807, 2.05) is 43.3 Å². The average molecular weight is 351 g/mol. The van der Waals surface area contributed by atoms with Crippen LogP contribution >= 0.6 is 11.8 Å². The van der Waals surface area contributed by atoms with Gasteiger partial charge in [-0.05, 0) is 47.5 Å². The van der Waals surface area contributed by atoms with Crippen LogP contribution in [0, 0.1) is 0 Å². The molecule has 1 N–H and O–H groups in total. The first-order valence-electron chi connectivity index (χ1n) is 8.22. The summed E-state index contributed by atoms with van der Waals surface area (Å²) in [6, 6.07) is 22.3. The highest BCUT2D eigenvalue weighted by atomic mass is 32.2. The molecule has 0 aromatic heterocycles. The van der Waals surface area contributed by atoms with Crippen molar-refractivity contribution >= 4 is 28.4 Å². The van der Waals surface area contributed by atoms with Crippen molar-refractivity contribution in [3.05, 3.63) is 72.3 Å². The van der Waals surface area contributed by atoms with Gasteiger partial charge in [0.2, 0.25) is 5.91 Å². The maximum atomic E-state index is 12.4. The average Bonchev–Trinajstić information content (AvgIpc) is 2.66. The van der Waals surface area contributed by atoms with Gasteiger partial charge in [0.25, 0.3) is 0 Å². The first-order chi connectivity index (χ1) is 12.2. The molecule has 0 aliphatic carbocycles. The topological polar surface area (TPSA) is 38.3 Å². The Balaban J connectivity index is 1.57. The maximum absolute atomic E-state index is 12.4. The molecule has 4 heteroatoms. The molecule has 0 saturated heterocycles. The Hall–Kier alpha value is -2.46. The van der Waals surface area contributed by atoms with Gasteiger partial charge in [-0.25, -0.2) is 0 Å². The number of hydrogen-bond donors (Lipinski definition) is 1. The van der Waals surface area contributed by atoms with E-state index in [1.165, 1.54) is 10.8 Å². The second-order valence-corrected chi connectivity index (χ2v) is 7.25. The molecule has 1 amide bonds. The minimum Gasteiger partial charge on any atom is -0.497 e. The highest BCUT2D eigenvalue weighted by Crippen LogP contribution is 2.27. The predicted octanol–water partition coefficient (Wildman–Crippen LogP) is 4.65. The van der Waals surface area contributed by atoms with Crippen LogP contribution in [-0.4, -0.2) is 18.3 Å². The third-order valence-corrected chi connectivity index (χ3v) is 5.12. The molecule has 1 atom stereocenters. The number of benzene rings is 3. The van der Waals surface area contributed by atoms with Gasteiger partial charge in [0.05, 0.1) is 12.4 Å². The standard InChI is InChI=1S/C21H21NO2S/c1-15(21(23)22-14-16-7-10-19(24-2)11-8-16)25-20-12-9-17-5-3-4-6-18(17)13-20/h3-13,15H,14H2,1-2H3,(H,22,23)/t15-/m0/s1. The number of hydrogen-bond acceptors (Lipinski definition) is 3. The van der Waals surface area contributed by atoms with E-state index in [-0.39, 0.29) is 11.2 Å². The molecular formula is C21H21NO2S. The highest BCUT2D eigenvalue weighted by molar-refractivity contribution is 8.00. The normalized spacial score (nSPS) is 11.9. The summed E-state index contributed by atoms with van der Waals surface area (Å²) in [5, 5.41) is 5.24. The Bertz CT molecular complexity index is 861. The van der Waals surface area contributed by atoms with Crippen LogP contribution in [0.2, 0.25) is 0 Å². The molecule has 0 heterocycles. The summed E-state index contributed by atoms with van der Waals surface area (Å²) in [6.45, 7) is 2.45. The molecule has 0 aliphatic heterocycles. The molecule has 0 fully saturated rings. The molecule has 0 saturated carbocycles. The van der Waals surface area contributed by atoms with Crippen LogP contribution in [0.5, 0.6) is 5.75 Å². The second-order valence-electron chi connectivity index (χ2n) is 5.83. The van der Waals surface area contributed by atoms with Crippen molar-refractivity contribution in [3.63, 3.8) is 0 Å². The minimum absolute atomic E-state index is 0.0361. The number of carbonyl (C=O) groups excluding carboxylic acids is 1. The Morgan fingerprint density at radius 2 is 1.76 bits per heavy atom. The van der Waals surface area contributed by atoms with Crippen LogP contribution in [0.15, 0.2) is 71.6 Å². The van der Waals surface area contributed by atoms with Crippen molar-refractivity contribution in [3.8, 4) is 5.75 Å². The molecule has 0 aliphatic rings. The Kier molecular flexibility index (Phi) is 5.61. The molecule has 0 bridgehead atoms. The first-order valence-corrected chi connectivity index (χ1v) is 9.10. The summed E-state index contributed by atoms with van der Waals surface area (Å²) in [4.78, 5) is 13.5. The zero-order valence-corrected chi connectivity index (χ0v) is 15.2. The van der Waals surface area contributed by atoms with E-state index in [1.54, 1.807) is 18.9 Å². The Morgan fingerprint density at radius 3 is 2.48 bits per heavy atom. The van der Waals surface area contributed by atoms with E-state index in [0.717, 1.165) is 16.2 Å². The summed E-state index contributed by atoms with van der Waals surface area (Å²) in [5.74, 6) is 0.851. The molecule has 128 valence electrons. The number of rotatable bonds is 6. The van der Waals surface area contributed by atoms with Crippen LogP contribution in [0.25, 0.3) is 10.8 Å². The summed E-state index contributed by atoms with van der Waals surface area (Å²) in [5.41, 5.74) is 1.05. The van der Waals surface area contributed by atoms with Gasteiger partial charge < -0.3 is 10.1 Å². The summed E-state index contributed by atoms with van der Waals surface area (Å²) in [6.07, 6.45) is 0. The Morgan fingerprint density at radius 1 is 1.04 bits per heavy atom. The third-order valence-electron chi connectivity index (χ3n) is 4.03. The van der Waals surface area contributed by atoms with Crippen LogP contribution in [0.4, 0.5) is 0 Å². The van der Waals surface area contributed by atoms with Crippen molar-refractivity contribution in [2.45, 2.75) is 23.6 Å². The van der Waals surface area contributed by atoms with E-state index < -0.39 is 0 Å². The fraction of sp³-hybridized carbons (Fsp3) is 0.190. The van der Waals surface area contributed by atoms with Crippen LogP contribution in [0.3, 0.4) is 0 Å². The zero-order chi connectivity index (χ0) is 17.6. The van der Waals surface area contributed by atoms with Gasteiger partial charge in [-0.3, -0.25) is 4.79 Å². The lowest BCUT2D eigenvalue weighted by molar-refractivity contribution is -0.120. The van der Waals surface area contributed by atoms with Gasteiger partial charge >= 0.3 is 0 Å². The number of methoxy groups -OCH3 is 1. The maximum Gasteiger partial charge on any atom is 0.233 e. The van der Waals surface area contributed by atoms with E-state index in [2.05, 4.69) is 35.6 Å². The molecule has 3 nitrogen and oxygen atoms in total. The van der Waals surface area contributed by atoms with Crippen molar-refractivity contribution in [1.82, 2.24) is 5.32 Å². The van der Waals surface area contributed by atoms with Crippen LogP contribution < -0.4 is 10.1 Å². The van der Waals surface area contributed by atoms with Gasteiger partial charge in [0, 0.05) is 11.4 Å². The lowest BCUT2D eigenvalue weighted by Gasteiger charge is -2.13. The van der Waals surface area contributed by atoms with Gasteiger partial charge in [0.1, 0.15) is 5.75 Å². The molecule has 0 unspecified atom stereocenters. The SMILES string of the molecule is COc1ccc(CNC(=O)[C@H](C)Sc2ccc3ccccc3c2)cc1. The number of amides is 1. The van der Waals surface area contributed by atoms with Gasteiger partial charge in [-0.1, -0.05) is 42.5 Å². The van der Waals surface area contributed by atoms with Crippen LogP contribution in [-0.2, 0) is 11.3 Å². The number of nitrogens with one attached hydrogen (secondary N) is 1. The predicted molar refractivity (Wildman–Crippen MR) is 104 cm³/mol.